The van der Waals surface area contributed by atoms with Crippen molar-refractivity contribution < 1.29 is 0 Å². The van der Waals surface area contributed by atoms with Gasteiger partial charge in [0.2, 0.25) is 0 Å². The Balaban J connectivity index is 2.23. The van der Waals surface area contributed by atoms with Crippen molar-refractivity contribution in [2.45, 2.75) is 0 Å². The molecule has 1 nitrogen and oxygen atoms in total. The summed E-state index contributed by atoms with van der Waals surface area (Å²) in [7, 11) is 0. The fraction of sp³-hybridized carbons (Fsp3) is 0. The maximum Gasteiger partial charge on any atom is 0.0629 e. The van der Waals surface area contributed by atoms with Crippen molar-refractivity contribution in [2.24, 2.45) is 4.99 Å². The fourth-order valence-electron chi connectivity index (χ4n) is 1.24. The number of para-hydroxylation sites is 1. The van der Waals surface area contributed by atoms with Crippen LogP contribution < -0.4 is 0 Å². The van der Waals surface area contributed by atoms with Gasteiger partial charge in [0, 0.05) is 16.8 Å². The summed E-state index contributed by atoms with van der Waals surface area (Å²) < 4.78 is 0. The van der Waals surface area contributed by atoms with Crippen molar-refractivity contribution in [1.29, 1.82) is 0 Å². The monoisotopic (exact) mass is 215 g/mol. The van der Waals surface area contributed by atoms with Crippen LogP contribution in [0.3, 0.4) is 0 Å². The number of nitrogens with zero attached hydrogens (tertiary/aromatic N) is 1. The Kier molecular flexibility index (Phi) is 3.15. The Labute approximate surface area is 94.1 Å². The van der Waals surface area contributed by atoms with Gasteiger partial charge in [0.05, 0.1) is 5.69 Å². The van der Waals surface area contributed by atoms with Crippen LogP contribution in [0.25, 0.3) is 0 Å². The highest BCUT2D eigenvalue weighted by molar-refractivity contribution is 6.33. The Hall–Kier alpha value is -1.60. The summed E-state index contributed by atoms with van der Waals surface area (Å²) in [5, 5.41) is 0.720. The normalized spacial score (nSPS) is 10.7. The Morgan fingerprint density at radius 3 is 2.27 bits per heavy atom. The number of aliphatic imine (C=N–C) groups is 1. The average molecular weight is 216 g/mol. The van der Waals surface area contributed by atoms with Gasteiger partial charge in [0.15, 0.2) is 0 Å². The van der Waals surface area contributed by atoms with E-state index in [1.54, 1.807) is 6.21 Å². The van der Waals surface area contributed by atoms with Crippen LogP contribution in [-0.2, 0) is 0 Å². The molecule has 0 radical (unpaired) electrons. The zero-order chi connectivity index (χ0) is 10.5. The summed E-state index contributed by atoms with van der Waals surface area (Å²) in [6, 6.07) is 17.4. The number of halogens is 1. The largest absolute Gasteiger partial charge is 0.256 e. The van der Waals surface area contributed by atoms with Crippen LogP contribution >= 0.6 is 11.6 Å². The molecule has 74 valence electrons. The van der Waals surface area contributed by atoms with Crippen LogP contribution in [0.2, 0.25) is 5.02 Å². The molecule has 0 heterocycles. The number of benzene rings is 2. The minimum absolute atomic E-state index is 0.720. The molecule has 0 aliphatic heterocycles. The summed E-state index contributed by atoms with van der Waals surface area (Å²) in [6.45, 7) is 0. The van der Waals surface area contributed by atoms with Gasteiger partial charge in [-0.3, -0.25) is 4.99 Å². The number of rotatable bonds is 2. The predicted molar refractivity (Wildman–Crippen MR) is 65.1 cm³/mol. The van der Waals surface area contributed by atoms with Gasteiger partial charge < -0.3 is 0 Å². The SMILES string of the molecule is Clc1ccccc1C=Nc1ccccc1. The molecule has 2 aromatic carbocycles. The fourth-order valence-corrected chi connectivity index (χ4v) is 1.42. The minimum atomic E-state index is 0.720. The van der Waals surface area contributed by atoms with Crippen LogP contribution in [0.15, 0.2) is 59.6 Å². The molecule has 2 aromatic rings. The van der Waals surface area contributed by atoms with Gasteiger partial charge in [0.25, 0.3) is 0 Å². The van der Waals surface area contributed by atoms with Crippen LogP contribution in [0.4, 0.5) is 5.69 Å². The van der Waals surface area contributed by atoms with Gasteiger partial charge in [-0.25, -0.2) is 0 Å². The van der Waals surface area contributed by atoms with E-state index >= 15 is 0 Å². The minimum Gasteiger partial charge on any atom is -0.256 e. The second kappa shape index (κ2) is 4.76. The molecule has 15 heavy (non-hydrogen) atoms. The molecule has 0 amide bonds. The Morgan fingerprint density at radius 1 is 0.867 bits per heavy atom. The lowest BCUT2D eigenvalue weighted by atomic mass is 10.2. The molecular weight excluding hydrogens is 206 g/mol. The summed E-state index contributed by atoms with van der Waals surface area (Å²) in [4.78, 5) is 4.33. The second-order valence-corrected chi connectivity index (χ2v) is 3.52. The highest BCUT2D eigenvalue weighted by Crippen LogP contribution is 2.15. The molecule has 0 aliphatic rings. The van der Waals surface area contributed by atoms with Crippen molar-refractivity contribution in [3.8, 4) is 0 Å². The quantitative estimate of drug-likeness (QED) is 0.669. The van der Waals surface area contributed by atoms with E-state index in [0.717, 1.165) is 16.3 Å². The molecular formula is C13H10ClN. The average Bonchev–Trinajstić information content (AvgIpc) is 2.29. The summed E-state index contributed by atoms with van der Waals surface area (Å²) >= 11 is 6.00. The zero-order valence-electron chi connectivity index (χ0n) is 8.10. The van der Waals surface area contributed by atoms with Crippen molar-refractivity contribution >= 4 is 23.5 Å². The summed E-state index contributed by atoms with van der Waals surface area (Å²) in [5.41, 5.74) is 1.86. The van der Waals surface area contributed by atoms with Gasteiger partial charge in [-0.1, -0.05) is 48.0 Å². The third-order valence-electron chi connectivity index (χ3n) is 2.01. The molecule has 0 fully saturated rings. The van der Waals surface area contributed by atoms with Crippen molar-refractivity contribution in [1.82, 2.24) is 0 Å². The predicted octanol–water partition coefficient (Wildman–Crippen LogP) is 4.09. The van der Waals surface area contributed by atoms with Crippen molar-refractivity contribution in [2.75, 3.05) is 0 Å². The molecule has 2 rings (SSSR count). The van der Waals surface area contributed by atoms with Crippen LogP contribution in [0, 0.1) is 0 Å². The lowest BCUT2D eigenvalue weighted by molar-refractivity contribution is 1.53. The zero-order valence-corrected chi connectivity index (χ0v) is 8.85. The van der Waals surface area contributed by atoms with Gasteiger partial charge in [-0.15, -0.1) is 0 Å². The van der Waals surface area contributed by atoms with Crippen LogP contribution in [0.5, 0.6) is 0 Å². The first-order chi connectivity index (χ1) is 7.36. The van der Waals surface area contributed by atoms with Gasteiger partial charge in [-0.05, 0) is 18.2 Å². The summed E-state index contributed by atoms with van der Waals surface area (Å²) in [6.07, 6.45) is 1.78. The molecule has 0 aliphatic carbocycles. The topological polar surface area (TPSA) is 12.4 Å². The lowest BCUT2D eigenvalue weighted by Gasteiger charge is -1.96. The van der Waals surface area contributed by atoms with E-state index in [0.29, 0.717) is 0 Å². The highest BCUT2D eigenvalue weighted by Gasteiger charge is 1.93. The molecule has 0 saturated heterocycles. The maximum absolute atomic E-state index is 6.00. The van der Waals surface area contributed by atoms with E-state index in [9.17, 15) is 0 Å². The van der Waals surface area contributed by atoms with E-state index in [2.05, 4.69) is 4.99 Å². The van der Waals surface area contributed by atoms with Crippen molar-refractivity contribution in [3.05, 3.63) is 65.2 Å². The first-order valence-electron chi connectivity index (χ1n) is 4.70. The Bertz CT molecular complexity index is 463. The molecule has 0 N–H and O–H groups in total. The first-order valence-corrected chi connectivity index (χ1v) is 5.08. The molecule has 0 unspecified atom stereocenters. The van der Waals surface area contributed by atoms with E-state index in [1.807, 2.05) is 54.6 Å². The van der Waals surface area contributed by atoms with Gasteiger partial charge in [-0.2, -0.15) is 0 Å². The molecule has 0 saturated carbocycles. The molecule has 0 spiro atoms. The molecule has 0 atom stereocenters. The van der Waals surface area contributed by atoms with Gasteiger partial charge in [0.1, 0.15) is 0 Å². The van der Waals surface area contributed by atoms with Crippen molar-refractivity contribution in [3.63, 3.8) is 0 Å². The third kappa shape index (κ3) is 2.67. The number of hydrogen-bond donors (Lipinski definition) is 0. The Morgan fingerprint density at radius 2 is 1.53 bits per heavy atom. The summed E-state index contributed by atoms with van der Waals surface area (Å²) in [5.74, 6) is 0. The smallest absolute Gasteiger partial charge is 0.0629 e. The first kappa shape index (κ1) is 9.94. The highest BCUT2D eigenvalue weighted by atomic mass is 35.5. The molecule has 0 aromatic heterocycles. The third-order valence-corrected chi connectivity index (χ3v) is 2.36. The second-order valence-electron chi connectivity index (χ2n) is 3.12. The van der Waals surface area contributed by atoms with E-state index in [-0.39, 0.29) is 0 Å². The van der Waals surface area contributed by atoms with E-state index in [4.69, 9.17) is 11.6 Å². The molecule has 2 heteroatoms. The van der Waals surface area contributed by atoms with Crippen LogP contribution in [-0.4, -0.2) is 6.21 Å². The lowest BCUT2D eigenvalue weighted by Crippen LogP contribution is -1.80. The number of hydrogen-bond acceptors (Lipinski definition) is 1. The maximum atomic E-state index is 6.00. The molecule has 0 bridgehead atoms. The van der Waals surface area contributed by atoms with Gasteiger partial charge >= 0.3 is 0 Å². The standard InChI is InChI=1S/C13H10ClN/c14-13-9-5-4-6-11(13)10-15-12-7-2-1-3-8-12/h1-10H. The van der Waals surface area contributed by atoms with E-state index in [1.165, 1.54) is 0 Å². The van der Waals surface area contributed by atoms with E-state index < -0.39 is 0 Å². The van der Waals surface area contributed by atoms with Crippen LogP contribution in [0.1, 0.15) is 5.56 Å².